The number of aromatic amines is 1. The van der Waals surface area contributed by atoms with E-state index in [4.69, 9.17) is 0 Å². The SMILES string of the molecule is Cc1cc(C)c(-c2nc(C(C)C)cc(=O)[nH]2)c(C)c1. The topological polar surface area (TPSA) is 45.8 Å². The van der Waals surface area contributed by atoms with Gasteiger partial charge < -0.3 is 4.98 Å². The van der Waals surface area contributed by atoms with E-state index in [0.29, 0.717) is 5.82 Å². The Kier molecular flexibility index (Phi) is 3.56. The van der Waals surface area contributed by atoms with Crippen molar-refractivity contribution in [2.45, 2.75) is 40.5 Å². The van der Waals surface area contributed by atoms with Crippen LogP contribution >= 0.6 is 0 Å². The van der Waals surface area contributed by atoms with Crippen LogP contribution in [0.3, 0.4) is 0 Å². The van der Waals surface area contributed by atoms with Gasteiger partial charge >= 0.3 is 0 Å². The van der Waals surface area contributed by atoms with E-state index in [1.165, 1.54) is 5.56 Å². The first-order valence-corrected chi connectivity index (χ1v) is 6.58. The molecule has 1 aromatic heterocycles. The average molecular weight is 256 g/mol. The maximum Gasteiger partial charge on any atom is 0.251 e. The summed E-state index contributed by atoms with van der Waals surface area (Å²) in [5.74, 6) is 0.915. The van der Waals surface area contributed by atoms with Gasteiger partial charge in [-0.05, 0) is 37.8 Å². The van der Waals surface area contributed by atoms with Crippen molar-refractivity contribution in [2.75, 3.05) is 0 Å². The quantitative estimate of drug-likeness (QED) is 0.894. The van der Waals surface area contributed by atoms with Crippen LogP contribution in [0.4, 0.5) is 0 Å². The molecule has 3 heteroatoms. The van der Waals surface area contributed by atoms with Gasteiger partial charge in [0.25, 0.3) is 5.56 Å². The third-order valence-corrected chi connectivity index (χ3v) is 3.27. The van der Waals surface area contributed by atoms with Crippen molar-refractivity contribution in [3.63, 3.8) is 0 Å². The standard InChI is InChI=1S/C16H20N2O/c1-9(2)13-8-14(19)18-16(17-13)15-11(4)6-10(3)7-12(15)5/h6-9H,1-5H3,(H,17,18,19). The van der Waals surface area contributed by atoms with Gasteiger partial charge in [-0.2, -0.15) is 0 Å². The van der Waals surface area contributed by atoms with Crippen molar-refractivity contribution >= 4 is 0 Å². The number of H-pyrrole nitrogens is 1. The molecule has 2 rings (SSSR count). The number of hydrogen-bond acceptors (Lipinski definition) is 2. The molecule has 0 aliphatic rings. The zero-order valence-corrected chi connectivity index (χ0v) is 12.2. The van der Waals surface area contributed by atoms with Crippen molar-refractivity contribution in [3.05, 3.63) is 50.9 Å². The lowest BCUT2D eigenvalue weighted by Crippen LogP contribution is -2.12. The molecule has 0 atom stereocenters. The van der Waals surface area contributed by atoms with Gasteiger partial charge in [0, 0.05) is 11.6 Å². The van der Waals surface area contributed by atoms with Gasteiger partial charge in [-0.3, -0.25) is 4.79 Å². The van der Waals surface area contributed by atoms with Gasteiger partial charge in [-0.1, -0.05) is 31.5 Å². The van der Waals surface area contributed by atoms with Crippen LogP contribution < -0.4 is 5.56 Å². The Morgan fingerprint density at radius 2 is 1.63 bits per heavy atom. The lowest BCUT2D eigenvalue weighted by molar-refractivity contribution is 0.811. The van der Waals surface area contributed by atoms with Gasteiger partial charge in [0.1, 0.15) is 5.82 Å². The van der Waals surface area contributed by atoms with E-state index in [1.54, 1.807) is 6.07 Å². The Morgan fingerprint density at radius 1 is 1.05 bits per heavy atom. The molecule has 0 aliphatic heterocycles. The van der Waals surface area contributed by atoms with E-state index < -0.39 is 0 Å². The molecular formula is C16H20N2O. The molecule has 1 N–H and O–H groups in total. The molecule has 0 aliphatic carbocycles. The molecule has 0 saturated heterocycles. The van der Waals surface area contributed by atoms with Crippen LogP contribution in [0.2, 0.25) is 0 Å². The number of aromatic nitrogens is 2. The minimum Gasteiger partial charge on any atom is -0.306 e. The third-order valence-electron chi connectivity index (χ3n) is 3.27. The molecule has 0 unspecified atom stereocenters. The van der Waals surface area contributed by atoms with E-state index in [-0.39, 0.29) is 11.5 Å². The van der Waals surface area contributed by atoms with Gasteiger partial charge in [0.2, 0.25) is 0 Å². The van der Waals surface area contributed by atoms with Crippen LogP contribution in [0.1, 0.15) is 42.1 Å². The minimum absolute atomic E-state index is 0.0897. The summed E-state index contributed by atoms with van der Waals surface area (Å²) >= 11 is 0. The molecule has 19 heavy (non-hydrogen) atoms. The zero-order valence-electron chi connectivity index (χ0n) is 12.2. The smallest absolute Gasteiger partial charge is 0.251 e. The molecule has 0 saturated carbocycles. The highest BCUT2D eigenvalue weighted by molar-refractivity contribution is 5.65. The Morgan fingerprint density at radius 3 is 2.16 bits per heavy atom. The van der Waals surface area contributed by atoms with E-state index in [9.17, 15) is 4.79 Å². The van der Waals surface area contributed by atoms with Crippen molar-refractivity contribution < 1.29 is 0 Å². The first-order valence-electron chi connectivity index (χ1n) is 6.58. The van der Waals surface area contributed by atoms with Gasteiger partial charge in [0.15, 0.2) is 0 Å². The number of hydrogen-bond donors (Lipinski definition) is 1. The van der Waals surface area contributed by atoms with Crippen LogP contribution in [0.15, 0.2) is 23.0 Å². The Hall–Kier alpha value is -1.90. The first kappa shape index (κ1) is 13.5. The fourth-order valence-corrected chi connectivity index (χ4v) is 2.44. The molecule has 0 bridgehead atoms. The summed E-state index contributed by atoms with van der Waals surface area (Å²) < 4.78 is 0. The summed E-state index contributed by atoms with van der Waals surface area (Å²) in [6.45, 7) is 10.3. The van der Waals surface area contributed by atoms with Crippen LogP contribution in [-0.2, 0) is 0 Å². The Bertz CT molecular complexity index is 646. The molecule has 3 nitrogen and oxygen atoms in total. The summed E-state index contributed by atoms with van der Waals surface area (Å²) in [6.07, 6.45) is 0. The van der Waals surface area contributed by atoms with E-state index in [1.807, 2.05) is 13.8 Å². The molecule has 0 spiro atoms. The lowest BCUT2D eigenvalue weighted by atomic mass is 9.99. The Balaban J connectivity index is 2.69. The summed E-state index contributed by atoms with van der Waals surface area (Å²) in [7, 11) is 0. The highest BCUT2D eigenvalue weighted by Gasteiger charge is 2.11. The molecule has 0 amide bonds. The Labute approximate surface area is 113 Å². The third kappa shape index (κ3) is 2.75. The number of aryl methyl sites for hydroxylation is 3. The second kappa shape index (κ2) is 5.00. The molecular weight excluding hydrogens is 236 g/mol. The van der Waals surface area contributed by atoms with Crippen molar-refractivity contribution in [3.8, 4) is 11.4 Å². The minimum atomic E-state index is -0.0897. The first-order chi connectivity index (χ1) is 8.88. The molecule has 0 radical (unpaired) electrons. The summed E-state index contributed by atoms with van der Waals surface area (Å²) in [4.78, 5) is 19.2. The van der Waals surface area contributed by atoms with Crippen LogP contribution in [0.5, 0.6) is 0 Å². The second-order valence-corrected chi connectivity index (χ2v) is 5.45. The second-order valence-electron chi connectivity index (χ2n) is 5.45. The predicted molar refractivity (Wildman–Crippen MR) is 78.6 cm³/mol. The molecule has 1 aromatic carbocycles. The molecule has 1 heterocycles. The van der Waals surface area contributed by atoms with Gasteiger partial charge in [-0.25, -0.2) is 4.98 Å². The fraction of sp³-hybridized carbons (Fsp3) is 0.375. The van der Waals surface area contributed by atoms with Crippen LogP contribution in [0.25, 0.3) is 11.4 Å². The van der Waals surface area contributed by atoms with Crippen molar-refractivity contribution in [2.24, 2.45) is 0 Å². The van der Waals surface area contributed by atoms with Crippen molar-refractivity contribution in [1.29, 1.82) is 0 Å². The molecule has 2 aromatic rings. The van der Waals surface area contributed by atoms with Gasteiger partial charge in [-0.15, -0.1) is 0 Å². The highest BCUT2D eigenvalue weighted by atomic mass is 16.1. The van der Waals surface area contributed by atoms with Gasteiger partial charge in [0.05, 0.1) is 5.69 Å². The average Bonchev–Trinajstić information content (AvgIpc) is 2.26. The van der Waals surface area contributed by atoms with Crippen LogP contribution in [-0.4, -0.2) is 9.97 Å². The molecule has 100 valence electrons. The maximum absolute atomic E-state index is 11.8. The number of rotatable bonds is 2. The number of nitrogens with zero attached hydrogens (tertiary/aromatic N) is 1. The monoisotopic (exact) mass is 256 g/mol. The van der Waals surface area contributed by atoms with E-state index >= 15 is 0 Å². The molecule has 0 fully saturated rings. The lowest BCUT2D eigenvalue weighted by Gasteiger charge is -2.12. The van der Waals surface area contributed by atoms with E-state index in [2.05, 4.69) is 42.9 Å². The van der Waals surface area contributed by atoms with E-state index in [0.717, 1.165) is 22.4 Å². The predicted octanol–water partition coefficient (Wildman–Crippen LogP) is 3.49. The summed E-state index contributed by atoms with van der Waals surface area (Å²) in [6, 6.07) is 5.81. The zero-order chi connectivity index (χ0) is 14.2. The fourth-order valence-electron chi connectivity index (χ4n) is 2.44. The summed E-state index contributed by atoms with van der Waals surface area (Å²) in [5, 5.41) is 0. The summed E-state index contributed by atoms with van der Waals surface area (Å²) in [5.41, 5.74) is 5.28. The van der Waals surface area contributed by atoms with Crippen LogP contribution in [0, 0.1) is 20.8 Å². The normalized spacial score (nSPS) is 11.1. The number of nitrogens with one attached hydrogen (secondary N) is 1. The van der Waals surface area contributed by atoms with Crippen molar-refractivity contribution in [1.82, 2.24) is 9.97 Å². The largest absolute Gasteiger partial charge is 0.306 e. The highest BCUT2D eigenvalue weighted by Crippen LogP contribution is 2.25. The number of benzene rings is 1. The maximum atomic E-state index is 11.8.